The monoisotopic (exact) mass is 450 g/mol. The Labute approximate surface area is 183 Å². The average molecular weight is 451 g/mol. The number of piperidine rings is 1. The van der Waals surface area contributed by atoms with E-state index in [9.17, 15) is 13.2 Å². The third kappa shape index (κ3) is 5.14. The zero-order chi connectivity index (χ0) is 21.7. The smallest absolute Gasteiger partial charge is 0.243 e. The van der Waals surface area contributed by atoms with Gasteiger partial charge >= 0.3 is 0 Å². The van der Waals surface area contributed by atoms with Crippen molar-refractivity contribution >= 4 is 27.5 Å². The van der Waals surface area contributed by atoms with E-state index in [0.717, 1.165) is 11.1 Å². The van der Waals surface area contributed by atoms with E-state index >= 15 is 0 Å². The highest BCUT2D eigenvalue weighted by molar-refractivity contribution is 7.89. The molecule has 1 saturated heterocycles. The Morgan fingerprint density at radius 2 is 2.03 bits per heavy atom. The molecule has 0 saturated carbocycles. The van der Waals surface area contributed by atoms with Gasteiger partial charge in [0.05, 0.1) is 17.4 Å². The number of sulfonamides is 1. The predicted molar refractivity (Wildman–Crippen MR) is 117 cm³/mol. The second-order valence-electron chi connectivity index (χ2n) is 7.37. The number of rotatable bonds is 7. The van der Waals surface area contributed by atoms with Gasteiger partial charge in [0.2, 0.25) is 15.9 Å². The van der Waals surface area contributed by atoms with E-state index in [2.05, 4.69) is 5.32 Å². The summed E-state index contributed by atoms with van der Waals surface area (Å²) in [4.78, 5) is 12.9. The van der Waals surface area contributed by atoms with Crippen LogP contribution in [0, 0.1) is 12.8 Å². The standard InChI is InChI=1S/C22H27ClN2O4S/c1-3-29-21-11-10-19(13-16(21)2)30(27,28)25-12-6-8-18(15-25)22(26)24-14-17-7-4-5-9-20(17)23/h4-5,7,9-11,13,18H,3,6,8,12,14-15H2,1-2H3,(H,24,26)/t18-/m1/s1. The van der Waals surface area contributed by atoms with Crippen LogP contribution in [0.5, 0.6) is 5.75 Å². The van der Waals surface area contributed by atoms with E-state index in [1.165, 1.54) is 4.31 Å². The number of carbonyl (C=O) groups is 1. The fraction of sp³-hybridized carbons (Fsp3) is 0.409. The molecular formula is C22H27ClN2O4S. The van der Waals surface area contributed by atoms with Crippen molar-refractivity contribution in [3.05, 3.63) is 58.6 Å². The van der Waals surface area contributed by atoms with Crippen molar-refractivity contribution in [2.24, 2.45) is 5.92 Å². The number of amides is 1. The number of benzene rings is 2. The van der Waals surface area contributed by atoms with Crippen LogP contribution in [0.1, 0.15) is 30.9 Å². The van der Waals surface area contributed by atoms with Gasteiger partial charge in [0.15, 0.2) is 0 Å². The molecule has 1 heterocycles. The molecule has 0 radical (unpaired) electrons. The highest BCUT2D eigenvalue weighted by Crippen LogP contribution is 2.27. The SMILES string of the molecule is CCOc1ccc(S(=O)(=O)N2CCC[C@@H](C(=O)NCc3ccccc3Cl)C2)cc1C. The van der Waals surface area contributed by atoms with Crippen LogP contribution in [0.4, 0.5) is 0 Å². The number of nitrogens with zero attached hydrogens (tertiary/aromatic N) is 1. The van der Waals surface area contributed by atoms with Crippen LogP contribution < -0.4 is 10.1 Å². The number of nitrogens with one attached hydrogen (secondary N) is 1. The molecule has 1 aliphatic rings. The normalized spacial score (nSPS) is 17.5. The highest BCUT2D eigenvalue weighted by Gasteiger charge is 2.33. The van der Waals surface area contributed by atoms with Gasteiger partial charge in [-0.3, -0.25) is 4.79 Å². The Kier molecular flexibility index (Phi) is 7.39. The molecule has 6 nitrogen and oxygen atoms in total. The summed E-state index contributed by atoms with van der Waals surface area (Å²) in [6.45, 7) is 5.12. The first-order valence-electron chi connectivity index (χ1n) is 10.1. The topological polar surface area (TPSA) is 75.7 Å². The van der Waals surface area contributed by atoms with Crippen molar-refractivity contribution in [2.75, 3.05) is 19.7 Å². The van der Waals surface area contributed by atoms with Gasteiger partial charge in [-0.1, -0.05) is 29.8 Å². The molecule has 162 valence electrons. The molecule has 0 spiro atoms. The van der Waals surface area contributed by atoms with Crippen molar-refractivity contribution in [1.29, 1.82) is 0 Å². The van der Waals surface area contributed by atoms with E-state index in [0.29, 0.717) is 43.3 Å². The Morgan fingerprint density at radius 3 is 2.73 bits per heavy atom. The lowest BCUT2D eigenvalue weighted by Gasteiger charge is -2.31. The van der Waals surface area contributed by atoms with E-state index in [1.54, 1.807) is 24.3 Å². The summed E-state index contributed by atoms with van der Waals surface area (Å²) in [6.07, 6.45) is 1.29. The van der Waals surface area contributed by atoms with Crippen molar-refractivity contribution in [3.8, 4) is 5.75 Å². The van der Waals surface area contributed by atoms with E-state index in [1.807, 2.05) is 32.0 Å². The van der Waals surface area contributed by atoms with Gasteiger partial charge in [-0.2, -0.15) is 4.31 Å². The summed E-state index contributed by atoms with van der Waals surface area (Å²) in [5.41, 5.74) is 1.60. The summed E-state index contributed by atoms with van der Waals surface area (Å²) in [6, 6.07) is 12.2. The lowest BCUT2D eigenvalue weighted by atomic mass is 9.99. The molecule has 1 amide bonds. The van der Waals surface area contributed by atoms with Crippen molar-refractivity contribution in [1.82, 2.24) is 9.62 Å². The molecule has 0 unspecified atom stereocenters. The van der Waals surface area contributed by atoms with Gasteiger partial charge in [-0.05, 0) is 62.1 Å². The van der Waals surface area contributed by atoms with Gasteiger partial charge in [0.1, 0.15) is 5.75 Å². The summed E-state index contributed by atoms with van der Waals surface area (Å²) in [7, 11) is -3.68. The van der Waals surface area contributed by atoms with Gasteiger partial charge in [-0.25, -0.2) is 8.42 Å². The Balaban J connectivity index is 1.68. The summed E-state index contributed by atoms with van der Waals surface area (Å²) < 4.78 is 33.2. The summed E-state index contributed by atoms with van der Waals surface area (Å²) in [5.74, 6) is 0.129. The van der Waals surface area contributed by atoms with Gasteiger partial charge < -0.3 is 10.1 Å². The average Bonchev–Trinajstić information content (AvgIpc) is 2.74. The molecule has 1 fully saturated rings. The minimum atomic E-state index is -3.68. The first-order chi connectivity index (χ1) is 14.3. The molecule has 1 atom stereocenters. The number of hydrogen-bond acceptors (Lipinski definition) is 4. The van der Waals surface area contributed by atoms with Crippen LogP contribution in [0.2, 0.25) is 5.02 Å². The third-order valence-corrected chi connectivity index (χ3v) is 7.48. The Hall–Kier alpha value is -2.09. The number of hydrogen-bond donors (Lipinski definition) is 1. The van der Waals surface area contributed by atoms with Crippen LogP contribution >= 0.6 is 11.6 Å². The number of halogens is 1. The number of aryl methyl sites for hydroxylation is 1. The van der Waals surface area contributed by atoms with Crippen molar-refractivity contribution < 1.29 is 17.9 Å². The van der Waals surface area contributed by atoms with Crippen LogP contribution in [0.25, 0.3) is 0 Å². The summed E-state index contributed by atoms with van der Waals surface area (Å²) >= 11 is 6.14. The van der Waals surface area contributed by atoms with Crippen LogP contribution in [-0.4, -0.2) is 38.3 Å². The predicted octanol–water partition coefficient (Wildman–Crippen LogP) is 3.76. The maximum Gasteiger partial charge on any atom is 0.243 e. The molecule has 2 aromatic rings. The number of ether oxygens (including phenoxy) is 1. The van der Waals surface area contributed by atoms with Crippen LogP contribution in [0.3, 0.4) is 0 Å². The van der Waals surface area contributed by atoms with Crippen LogP contribution in [-0.2, 0) is 21.4 Å². The summed E-state index contributed by atoms with van der Waals surface area (Å²) in [5, 5.41) is 3.48. The molecular weight excluding hydrogens is 424 g/mol. The molecule has 1 N–H and O–H groups in total. The molecule has 2 aromatic carbocycles. The molecule has 1 aliphatic heterocycles. The van der Waals surface area contributed by atoms with Crippen molar-refractivity contribution in [2.45, 2.75) is 38.1 Å². The lowest BCUT2D eigenvalue weighted by molar-refractivity contribution is -0.126. The van der Waals surface area contributed by atoms with E-state index in [-0.39, 0.29) is 23.3 Å². The second-order valence-corrected chi connectivity index (χ2v) is 9.72. The van der Waals surface area contributed by atoms with E-state index < -0.39 is 10.0 Å². The third-order valence-electron chi connectivity index (χ3n) is 5.25. The van der Waals surface area contributed by atoms with Crippen molar-refractivity contribution in [3.63, 3.8) is 0 Å². The quantitative estimate of drug-likeness (QED) is 0.696. The minimum Gasteiger partial charge on any atom is -0.494 e. The maximum absolute atomic E-state index is 13.1. The minimum absolute atomic E-state index is 0.155. The largest absolute Gasteiger partial charge is 0.494 e. The Bertz CT molecular complexity index is 1010. The lowest BCUT2D eigenvalue weighted by Crippen LogP contribution is -2.45. The fourth-order valence-corrected chi connectivity index (χ4v) is 5.40. The van der Waals surface area contributed by atoms with Gasteiger partial charge in [0, 0.05) is 24.7 Å². The Morgan fingerprint density at radius 1 is 1.27 bits per heavy atom. The van der Waals surface area contributed by atoms with E-state index in [4.69, 9.17) is 16.3 Å². The molecule has 3 rings (SSSR count). The molecule has 8 heteroatoms. The first kappa shape index (κ1) is 22.6. The second kappa shape index (κ2) is 9.81. The molecule has 0 bridgehead atoms. The van der Waals surface area contributed by atoms with Gasteiger partial charge in [0.25, 0.3) is 0 Å². The molecule has 30 heavy (non-hydrogen) atoms. The van der Waals surface area contributed by atoms with Gasteiger partial charge in [-0.15, -0.1) is 0 Å². The molecule has 0 aliphatic carbocycles. The zero-order valence-corrected chi connectivity index (χ0v) is 18.8. The zero-order valence-electron chi connectivity index (χ0n) is 17.2. The molecule has 0 aromatic heterocycles. The fourth-order valence-electron chi connectivity index (χ4n) is 3.59. The maximum atomic E-state index is 13.1. The number of carbonyl (C=O) groups excluding carboxylic acids is 1. The van der Waals surface area contributed by atoms with Crippen LogP contribution in [0.15, 0.2) is 47.4 Å². The first-order valence-corrected chi connectivity index (χ1v) is 11.9. The highest BCUT2D eigenvalue weighted by atomic mass is 35.5.